The van der Waals surface area contributed by atoms with Gasteiger partial charge >= 0.3 is 0 Å². The number of aliphatic hydroxyl groups is 1. The third-order valence-corrected chi connectivity index (χ3v) is 2.73. The Bertz CT molecular complexity index is 90.9. The van der Waals surface area contributed by atoms with E-state index in [0.717, 1.165) is 12.8 Å². The number of hydrogen-bond acceptors (Lipinski definition) is 1. The first-order valence-electron chi connectivity index (χ1n) is 4.81. The average molecular weight is 158 g/mol. The van der Waals surface area contributed by atoms with Crippen LogP contribution in [0, 0.1) is 11.8 Å². The molecule has 0 amide bonds. The van der Waals surface area contributed by atoms with Crippen molar-refractivity contribution in [2.75, 3.05) is 0 Å². The molecule has 0 aromatic rings. The van der Waals surface area contributed by atoms with Gasteiger partial charge in [-0.2, -0.15) is 0 Å². The van der Waals surface area contributed by atoms with Gasteiger partial charge in [-0.05, 0) is 18.3 Å². The molecule has 0 radical (unpaired) electrons. The molecule has 0 aliphatic heterocycles. The van der Waals surface area contributed by atoms with Gasteiger partial charge in [0.15, 0.2) is 0 Å². The lowest BCUT2D eigenvalue weighted by Crippen LogP contribution is -2.23. The second-order valence-corrected chi connectivity index (χ2v) is 3.60. The summed E-state index contributed by atoms with van der Waals surface area (Å²) in [6.07, 6.45) is 3.12. The summed E-state index contributed by atoms with van der Waals surface area (Å²) in [5.41, 5.74) is 0. The first kappa shape index (κ1) is 11.0. The molecule has 3 unspecified atom stereocenters. The van der Waals surface area contributed by atoms with Gasteiger partial charge < -0.3 is 5.11 Å². The fourth-order valence-corrected chi connectivity index (χ4v) is 1.31. The van der Waals surface area contributed by atoms with Crippen molar-refractivity contribution < 1.29 is 5.11 Å². The molecule has 0 aromatic carbocycles. The van der Waals surface area contributed by atoms with Crippen molar-refractivity contribution in [2.45, 2.75) is 53.1 Å². The summed E-state index contributed by atoms with van der Waals surface area (Å²) < 4.78 is 0. The van der Waals surface area contributed by atoms with Crippen molar-refractivity contribution in [2.24, 2.45) is 11.8 Å². The molecule has 0 aliphatic rings. The quantitative estimate of drug-likeness (QED) is 0.652. The van der Waals surface area contributed by atoms with E-state index in [9.17, 15) is 5.11 Å². The molecular formula is C10H22O. The molecule has 0 aliphatic carbocycles. The van der Waals surface area contributed by atoms with Crippen molar-refractivity contribution in [3.8, 4) is 0 Å². The lowest BCUT2D eigenvalue weighted by Gasteiger charge is -2.23. The highest BCUT2D eigenvalue weighted by Gasteiger charge is 2.17. The van der Waals surface area contributed by atoms with E-state index >= 15 is 0 Å². The van der Waals surface area contributed by atoms with Gasteiger partial charge in [-0.3, -0.25) is 0 Å². The zero-order chi connectivity index (χ0) is 8.85. The summed E-state index contributed by atoms with van der Waals surface area (Å²) in [6.45, 7) is 8.66. The van der Waals surface area contributed by atoms with Crippen LogP contribution in [0.1, 0.15) is 47.0 Å². The van der Waals surface area contributed by atoms with Gasteiger partial charge in [0.05, 0.1) is 6.10 Å². The molecule has 0 saturated heterocycles. The molecule has 0 bridgehead atoms. The SMILES string of the molecule is CCCC(O)C(C)C(C)CC. The maximum absolute atomic E-state index is 9.62. The molecule has 0 heterocycles. The first-order chi connectivity index (χ1) is 5.13. The van der Waals surface area contributed by atoms with Crippen LogP contribution >= 0.6 is 0 Å². The predicted molar refractivity (Wildman–Crippen MR) is 49.5 cm³/mol. The zero-order valence-electron chi connectivity index (χ0n) is 8.30. The highest BCUT2D eigenvalue weighted by atomic mass is 16.3. The Balaban J connectivity index is 3.70. The number of aliphatic hydroxyl groups excluding tert-OH is 1. The summed E-state index contributed by atoms with van der Waals surface area (Å²) in [7, 11) is 0. The maximum atomic E-state index is 9.62. The second kappa shape index (κ2) is 5.59. The van der Waals surface area contributed by atoms with E-state index in [-0.39, 0.29) is 6.10 Å². The molecule has 0 saturated carbocycles. The lowest BCUT2D eigenvalue weighted by molar-refractivity contribution is 0.0776. The van der Waals surface area contributed by atoms with E-state index in [1.807, 2.05) is 0 Å². The van der Waals surface area contributed by atoms with Crippen LogP contribution in [0.2, 0.25) is 0 Å². The largest absolute Gasteiger partial charge is 0.393 e. The van der Waals surface area contributed by atoms with Crippen LogP contribution in [0.3, 0.4) is 0 Å². The zero-order valence-corrected chi connectivity index (χ0v) is 8.30. The van der Waals surface area contributed by atoms with Crippen molar-refractivity contribution in [3.05, 3.63) is 0 Å². The summed E-state index contributed by atoms with van der Waals surface area (Å²) in [6, 6.07) is 0. The van der Waals surface area contributed by atoms with Gasteiger partial charge in [0.2, 0.25) is 0 Å². The fraction of sp³-hybridized carbons (Fsp3) is 1.00. The fourth-order valence-electron chi connectivity index (χ4n) is 1.31. The topological polar surface area (TPSA) is 20.2 Å². The van der Waals surface area contributed by atoms with Crippen LogP contribution in [0.4, 0.5) is 0 Å². The van der Waals surface area contributed by atoms with Crippen molar-refractivity contribution in [3.63, 3.8) is 0 Å². The molecule has 11 heavy (non-hydrogen) atoms. The van der Waals surface area contributed by atoms with Crippen LogP contribution in [-0.4, -0.2) is 11.2 Å². The van der Waals surface area contributed by atoms with Crippen LogP contribution < -0.4 is 0 Å². The monoisotopic (exact) mass is 158 g/mol. The average Bonchev–Trinajstić information content (AvgIpc) is 2.02. The second-order valence-electron chi connectivity index (χ2n) is 3.60. The maximum Gasteiger partial charge on any atom is 0.0568 e. The molecule has 1 N–H and O–H groups in total. The molecule has 1 nitrogen and oxygen atoms in total. The molecule has 68 valence electrons. The number of rotatable bonds is 5. The minimum absolute atomic E-state index is 0.0880. The molecule has 0 fully saturated rings. The van der Waals surface area contributed by atoms with Crippen molar-refractivity contribution in [1.29, 1.82) is 0 Å². The Labute approximate surface area is 70.8 Å². The standard InChI is InChI=1S/C10H22O/c1-5-7-10(11)9(4)8(3)6-2/h8-11H,5-7H2,1-4H3. The molecule has 1 heteroatoms. The Morgan fingerprint density at radius 1 is 1.18 bits per heavy atom. The van der Waals surface area contributed by atoms with Crippen molar-refractivity contribution >= 4 is 0 Å². The van der Waals surface area contributed by atoms with E-state index in [1.54, 1.807) is 0 Å². The smallest absolute Gasteiger partial charge is 0.0568 e. The summed E-state index contributed by atoms with van der Waals surface area (Å²) in [4.78, 5) is 0. The Hall–Kier alpha value is -0.0400. The molecule has 0 spiro atoms. The van der Waals surface area contributed by atoms with Gasteiger partial charge in [-0.1, -0.05) is 40.5 Å². The van der Waals surface area contributed by atoms with E-state index in [2.05, 4.69) is 27.7 Å². The highest BCUT2D eigenvalue weighted by Crippen LogP contribution is 2.20. The Kier molecular flexibility index (Phi) is 5.57. The van der Waals surface area contributed by atoms with Gasteiger partial charge in [0, 0.05) is 0 Å². The van der Waals surface area contributed by atoms with E-state index in [0.29, 0.717) is 11.8 Å². The minimum atomic E-state index is -0.0880. The van der Waals surface area contributed by atoms with Crippen LogP contribution in [0.5, 0.6) is 0 Å². The third-order valence-electron chi connectivity index (χ3n) is 2.73. The normalized spacial score (nSPS) is 19.4. The number of hydrogen-bond donors (Lipinski definition) is 1. The molecule has 3 atom stereocenters. The van der Waals surface area contributed by atoms with Crippen LogP contribution in [-0.2, 0) is 0 Å². The first-order valence-corrected chi connectivity index (χ1v) is 4.81. The van der Waals surface area contributed by atoms with Gasteiger partial charge in [-0.15, -0.1) is 0 Å². The summed E-state index contributed by atoms with van der Waals surface area (Å²) >= 11 is 0. The van der Waals surface area contributed by atoms with Crippen LogP contribution in [0.25, 0.3) is 0 Å². The van der Waals surface area contributed by atoms with Gasteiger partial charge in [0.1, 0.15) is 0 Å². The lowest BCUT2D eigenvalue weighted by atomic mass is 9.87. The summed E-state index contributed by atoms with van der Waals surface area (Å²) in [5, 5.41) is 9.62. The Morgan fingerprint density at radius 3 is 2.09 bits per heavy atom. The highest BCUT2D eigenvalue weighted by molar-refractivity contribution is 4.68. The molecule has 0 aromatic heterocycles. The summed E-state index contributed by atoms with van der Waals surface area (Å²) in [5.74, 6) is 1.11. The Morgan fingerprint density at radius 2 is 1.73 bits per heavy atom. The minimum Gasteiger partial charge on any atom is -0.393 e. The molecule has 0 rings (SSSR count). The van der Waals surface area contributed by atoms with E-state index in [4.69, 9.17) is 0 Å². The third kappa shape index (κ3) is 3.76. The predicted octanol–water partition coefficient (Wildman–Crippen LogP) is 2.83. The van der Waals surface area contributed by atoms with Gasteiger partial charge in [0.25, 0.3) is 0 Å². The van der Waals surface area contributed by atoms with Crippen LogP contribution in [0.15, 0.2) is 0 Å². The van der Waals surface area contributed by atoms with Gasteiger partial charge in [-0.25, -0.2) is 0 Å². The van der Waals surface area contributed by atoms with E-state index < -0.39 is 0 Å². The van der Waals surface area contributed by atoms with E-state index in [1.165, 1.54) is 6.42 Å². The van der Waals surface area contributed by atoms with Crippen molar-refractivity contribution in [1.82, 2.24) is 0 Å². The molecular weight excluding hydrogens is 136 g/mol.